The first-order valence-corrected chi connectivity index (χ1v) is 11.7. The van der Waals surface area contributed by atoms with Crippen LogP contribution in [0.4, 0.5) is 0 Å². The molecule has 180 valence electrons. The minimum absolute atomic E-state index is 0.541. The summed E-state index contributed by atoms with van der Waals surface area (Å²) < 4.78 is 32.5. The predicted octanol–water partition coefficient (Wildman–Crippen LogP) is 3.35. The highest BCUT2D eigenvalue weighted by Crippen LogP contribution is 2.08. The maximum absolute atomic E-state index is 5.59. The molecule has 0 aromatic rings. The van der Waals surface area contributed by atoms with Crippen molar-refractivity contribution in [3.63, 3.8) is 0 Å². The van der Waals surface area contributed by atoms with E-state index in [-0.39, 0.29) is 0 Å². The lowest BCUT2D eigenvalue weighted by molar-refractivity contribution is -0.0165. The second-order valence-corrected chi connectivity index (χ2v) is 7.02. The molecule has 0 unspecified atom stereocenters. The fraction of sp³-hybridized carbons (Fsp3) is 0.913. The van der Waals surface area contributed by atoms with Gasteiger partial charge >= 0.3 is 0 Å². The van der Waals surface area contributed by atoms with Crippen LogP contribution in [0.3, 0.4) is 0 Å². The number of rotatable bonds is 27. The van der Waals surface area contributed by atoms with E-state index >= 15 is 0 Å². The summed E-state index contributed by atoms with van der Waals surface area (Å²) >= 11 is 0. The molecule has 30 heavy (non-hydrogen) atoms. The van der Waals surface area contributed by atoms with Crippen LogP contribution >= 0.6 is 0 Å². The molecule has 0 heterocycles. The van der Waals surface area contributed by atoms with Crippen LogP contribution in [0, 0.1) is 0 Å². The molecule has 0 aromatic carbocycles. The predicted molar refractivity (Wildman–Crippen MR) is 121 cm³/mol. The van der Waals surface area contributed by atoms with Gasteiger partial charge in [-0.1, -0.05) is 38.2 Å². The molecule has 0 atom stereocenters. The summed E-state index contributed by atoms with van der Waals surface area (Å²) in [5, 5.41) is 0. The number of hydrogen-bond donors (Lipinski definition) is 1. The zero-order chi connectivity index (χ0) is 21.8. The lowest BCUT2D eigenvalue weighted by Gasteiger charge is -2.08. The Balaban J connectivity index is 2.98. The van der Waals surface area contributed by atoms with Gasteiger partial charge in [0.15, 0.2) is 0 Å². The van der Waals surface area contributed by atoms with E-state index in [1.807, 2.05) is 6.08 Å². The van der Waals surface area contributed by atoms with Crippen LogP contribution in [0.5, 0.6) is 0 Å². The molecule has 0 aliphatic carbocycles. The summed E-state index contributed by atoms with van der Waals surface area (Å²) in [7, 11) is 0. The highest BCUT2D eigenvalue weighted by molar-refractivity contribution is 4.65. The summed E-state index contributed by atoms with van der Waals surface area (Å²) in [4.78, 5) is 0. The van der Waals surface area contributed by atoms with Gasteiger partial charge in [-0.05, 0) is 19.3 Å². The Morgan fingerprint density at radius 3 is 1.17 bits per heavy atom. The third-order valence-electron chi connectivity index (χ3n) is 4.32. The minimum atomic E-state index is 0.541. The third-order valence-corrected chi connectivity index (χ3v) is 4.32. The van der Waals surface area contributed by atoms with Gasteiger partial charge < -0.3 is 34.2 Å². The average molecular weight is 434 g/mol. The molecular weight excluding hydrogens is 386 g/mol. The smallest absolute Gasteiger partial charge is 0.0701 e. The molecule has 0 amide bonds. The molecule has 0 aromatic heterocycles. The van der Waals surface area contributed by atoms with E-state index in [2.05, 4.69) is 6.58 Å². The molecule has 0 fully saturated rings. The molecule has 0 aliphatic rings. The average Bonchev–Trinajstić information content (AvgIpc) is 2.76. The van der Waals surface area contributed by atoms with Crippen molar-refractivity contribution in [2.24, 2.45) is 5.73 Å². The number of ether oxygens (including phenoxy) is 6. The molecular formula is C23H47NO6. The van der Waals surface area contributed by atoms with E-state index in [1.54, 1.807) is 0 Å². The van der Waals surface area contributed by atoms with E-state index < -0.39 is 0 Å². The molecule has 7 nitrogen and oxygen atoms in total. The molecule has 0 radical (unpaired) electrons. The Morgan fingerprint density at radius 1 is 0.433 bits per heavy atom. The monoisotopic (exact) mass is 433 g/mol. The van der Waals surface area contributed by atoms with Crippen molar-refractivity contribution in [3.05, 3.63) is 12.7 Å². The fourth-order valence-electron chi connectivity index (χ4n) is 2.66. The lowest BCUT2D eigenvalue weighted by Crippen LogP contribution is -2.15. The van der Waals surface area contributed by atoms with Gasteiger partial charge in [0.25, 0.3) is 0 Å². The molecule has 0 spiro atoms. The summed E-state index contributed by atoms with van der Waals surface area (Å²) in [6, 6.07) is 0. The molecule has 0 bridgehead atoms. The van der Waals surface area contributed by atoms with Gasteiger partial charge in [-0.15, -0.1) is 6.58 Å². The molecule has 2 N–H and O–H groups in total. The Hall–Kier alpha value is -0.540. The Labute approximate surface area is 184 Å². The number of hydrogen-bond acceptors (Lipinski definition) is 7. The van der Waals surface area contributed by atoms with Crippen LogP contribution in [0.25, 0.3) is 0 Å². The number of nitrogens with two attached hydrogens (primary N) is 1. The molecule has 0 saturated carbocycles. The quantitative estimate of drug-likeness (QED) is 0.157. The van der Waals surface area contributed by atoms with Gasteiger partial charge in [0.2, 0.25) is 0 Å². The Morgan fingerprint density at radius 2 is 0.767 bits per heavy atom. The highest BCUT2D eigenvalue weighted by Gasteiger charge is 1.95. The van der Waals surface area contributed by atoms with Crippen molar-refractivity contribution < 1.29 is 28.4 Å². The van der Waals surface area contributed by atoms with Crippen LogP contribution in [-0.2, 0) is 28.4 Å². The van der Waals surface area contributed by atoms with Crippen molar-refractivity contribution >= 4 is 0 Å². The van der Waals surface area contributed by atoms with Crippen molar-refractivity contribution in [3.8, 4) is 0 Å². The van der Waals surface area contributed by atoms with Crippen LogP contribution in [0.15, 0.2) is 12.7 Å². The molecule has 0 rings (SSSR count). The van der Waals surface area contributed by atoms with Gasteiger partial charge in [-0.25, -0.2) is 0 Å². The molecule has 0 saturated heterocycles. The largest absolute Gasteiger partial charge is 0.379 e. The van der Waals surface area contributed by atoms with Gasteiger partial charge in [0, 0.05) is 13.2 Å². The van der Waals surface area contributed by atoms with Crippen molar-refractivity contribution in [2.45, 2.75) is 51.4 Å². The second-order valence-electron chi connectivity index (χ2n) is 7.02. The summed E-state index contributed by atoms with van der Waals surface area (Å²) in [6.45, 7) is 11.5. The third kappa shape index (κ3) is 27.5. The van der Waals surface area contributed by atoms with Gasteiger partial charge in [0.1, 0.15) is 0 Å². The maximum Gasteiger partial charge on any atom is 0.0701 e. The van der Waals surface area contributed by atoms with E-state index in [0.29, 0.717) is 79.2 Å². The van der Waals surface area contributed by atoms with Crippen molar-refractivity contribution in [2.75, 3.05) is 85.8 Å². The van der Waals surface area contributed by atoms with Gasteiger partial charge in [-0.3, -0.25) is 0 Å². The maximum atomic E-state index is 5.59. The molecule has 7 heteroatoms. The van der Waals surface area contributed by atoms with Crippen LogP contribution in [-0.4, -0.2) is 85.8 Å². The van der Waals surface area contributed by atoms with Crippen molar-refractivity contribution in [1.29, 1.82) is 0 Å². The van der Waals surface area contributed by atoms with Gasteiger partial charge in [-0.2, -0.15) is 0 Å². The van der Waals surface area contributed by atoms with E-state index in [9.17, 15) is 0 Å². The zero-order valence-electron chi connectivity index (χ0n) is 19.2. The van der Waals surface area contributed by atoms with Gasteiger partial charge in [0.05, 0.1) is 72.7 Å². The lowest BCUT2D eigenvalue weighted by atomic mass is 10.1. The van der Waals surface area contributed by atoms with Crippen LogP contribution in [0.2, 0.25) is 0 Å². The number of unbranched alkanes of at least 4 members (excludes halogenated alkanes) is 7. The summed E-state index contributed by atoms with van der Waals surface area (Å²) in [6.07, 6.45) is 12.2. The Kier molecular flexibility index (Phi) is 27.9. The van der Waals surface area contributed by atoms with Crippen LogP contribution < -0.4 is 5.73 Å². The number of allylic oxidation sites excluding steroid dienone is 1. The van der Waals surface area contributed by atoms with E-state index in [1.165, 1.54) is 38.5 Å². The van der Waals surface area contributed by atoms with E-state index in [4.69, 9.17) is 34.2 Å². The first-order chi connectivity index (χ1) is 14.9. The summed E-state index contributed by atoms with van der Waals surface area (Å²) in [5.41, 5.74) is 5.32. The minimum Gasteiger partial charge on any atom is -0.379 e. The normalized spacial score (nSPS) is 11.2. The zero-order valence-corrected chi connectivity index (χ0v) is 19.2. The summed E-state index contributed by atoms with van der Waals surface area (Å²) in [5.74, 6) is 0. The van der Waals surface area contributed by atoms with E-state index in [0.717, 1.165) is 19.4 Å². The SMILES string of the molecule is C=CCCCCCCCCCOCCOCCOCCOCCOCCOCCN. The molecule has 0 aliphatic heterocycles. The first-order valence-electron chi connectivity index (χ1n) is 11.7. The van der Waals surface area contributed by atoms with Crippen molar-refractivity contribution in [1.82, 2.24) is 0 Å². The standard InChI is InChI=1S/C23H47NO6/c1-2-3-4-5-6-7-8-9-10-12-25-14-16-27-18-20-29-22-23-30-21-19-28-17-15-26-13-11-24/h2H,1,3-24H2. The fourth-order valence-corrected chi connectivity index (χ4v) is 2.66. The first kappa shape index (κ1) is 29.5. The second kappa shape index (κ2) is 28.5. The Bertz CT molecular complexity index is 320. The highest BCUT2D eigenvalue weighted by atomic mass is 16.6. The van der Waals surface area contributed by atoms with Crippen LogP contribution in [0.1, 0.15) is 51.4 Å². The topological polar surface area (TPSA) is 81.4 Å².